The van der Waals surface area contributed by atoms with Crippen molar-refractivity contribution in [3.63, 3.8) is 0 Å². The number of hydrogen-bond donors (Lipinski definition) is 0. The molecule has 0 aliphatic carbocycles. The summed E-state index contributed by atoms with van der Waals surface area (Å²) in [5.41, 5.74) is -0.0798. The molecule has 0 aromatic rings. The highest BCUT2D eigenvalue weighted by Crippen LogP contribution is 2.45. The van der Waals surface area contributed by atoms with E-state index in [1.807, 2.05) is 9.80 Å². The van der Waals surface area contributed by atoms with E-state index in [0.717, 1.165) is 38.8 Å². The van der Waals surface area contributed by atoms with Crippen LogP contribution >= 0.6 is 0 Å². The van der Waals surface area contributed by atoms with Gasteiger partial charge in [0.25, 0.3) is 0 Å². The first-order chi connectivity index (χ1) is 10.5. The largest absolute Gasteiger partial charge is 0.381 e. The Morgan fingerprint density at radius 2 is 1.73 bits per heavy atom. The molecule has 3 rings (SSSR count). The molecule has 3 aliphatic heterocycles. The molecular formula is C16H27N3O3. The van der Waals surface area contributed by atoms with Crippen LogP contribution in [0.2, 0.25) is 0 Å². The topological polar surface area (TPSA) is 53.1 Å². The molecule has 1 spiro atoms. The average Bonchev–Trinajstić information content (AvgIpc) is 3.15. The van der Waals surface area contributed by atoms with E-state index in [0.29, 0.717) is 26.3 Å². The van der Waals surface area contributed by atoms with Gasteiger partial charge in [0.15, 0.2) is 0 Å². The van der Waals surface area contributed by atoms with Gasteiger partial charge in [-0.05, 0) is 25.7 Å². The van der Waals surface area contributed by atoms with Crippen molar-refractivity contribution in [3.05, 3.63) is 0 Å². The van der Waals surface area contributed by atoms with Gasteiger partial charge >= 0.3 is 6.03 Å². The number of hydrogen-bond acceptors (Lipinski definition) is 3. The maximum atomic E-state index is 13.0. The summed E-state index contributed by atoms with van der Waals surface area (Å²) in [5.74, 6) is 0.201. The van der Waals surface area contributed by atoms with Crippen LogP contribution in [0.5, 0.6) is 0 Å². The van der Waals surface area contributed by atoms with Crippen molar-refractivity contribution >= 4 is 11.9 Å². The monoisotopic (exact) mass is 309 g/mol. The van der Waals surface area contributed by atoms with Gasteiger partial charge in [0, 0.05) is 58.9 Å². The Morgan fingerprint density at radius 3 is 2.32 bits per heavy atom. The van der Waals surface area contributed by atoms with Gasteiger partial charge in [-0.25, -0.2) is 4.79 Å². The number of carbonyl (C=O) groups excluding carboxylic acids is 2. The predicted octanol–water partition coefficient (Wildman–Crippen LogP) is 1.02. The Morgan fingerprint density at radius 1 is 1.09 bits per heavy atom. The molecule has 3 amide bonds. The Bertz CT molecular complexity index is 440. The van der Waals surface area contributed by atoms with Gasteiger partial charge in [0.05, 0.1) is 5.92 Å². The molecule has 3 saturated heterocycles. The van der Waals surface area contributed by atoms with Crippen molar-refractivity contribution in [2.45, 2.75) is 25.7 Å². The van der Waals surface area contributed by atoms with Gasteiger partial charge < -0.3 is 19.4 Å². The van der Waals surface area contributed by atoms with Crippen molar-refractivity contribution < 1.29 is 14.3 Å². The molecule has 0 radical (unpaired) electrons. The fraction of sp³-hybridized carbons (Fsp3) is 0.875. The van der Waals surface area contributed by atoms with Crippen LogP contribution in [0.15, 0.2) is 0 Å². The average molecular weight is 309 g/mol. The number of urea groups is 1. The lowest BCUT2D eigenvalue weighted by atomic mass is 9.71. The number of nitrogens with zero attached hydrogens (tertiary/aromatic N) is 3. The maximum Gasteiger partial charge on any atom is 0.319 e. The second-order valence-corrected chi connectivity index (χ2v) is 7.12. The van der Waals surface area contributed by atoms with Crippen molar-refractivity contribution in [1.29, 1.82) is 0 Å². The quantitative estimate of drug-likeness (QED) is 0.727. The molecular weight excluding hydrogens is 282 g/mol. The van der Waals surface area contributed by atoms with Crippen LogP contribution in [0.4, 0.5) is 4.79 Å². The summed E-state index contributed by atoms with van der Waals surface area (Å²) < 4.78 is 5.51. The van der Waals surface area contributed by atoms with E-state index < -0.39 is 0 Å². The second-order valence-electron chi connectivity index (χ2n) is 7.12. The zero-order valence-corrected chi connectivity index (χ0v) is 13.7. The summed E-state index contributed by atoms with van der Waals surface area (Å²) in [7, 11) is 3.54. The van der Waals surface area contributed by atoms with E-state index >= 15 is 0 Å². The van der Waals surface area contributed by atoms with Crippen molar-refractivity contribution in [3.8, 4) is 0 Å². The predicted molar refractivity (Wildman–Crippen MR) is 82.4 cm³/mol. The lowest BCUT2D eigenvalue weighted by Gasteiger charge is -2.38. The lowest BCUT2D eigenvalue weighted by Crippen LogP contribution is -2.45. The minimum Gasteiger partial charge on any atom is -0.381 e. The number of likely N-dealkylation sites (tertiary alicyclic amines) is 2. The summed E-state index contributed by atoms with van der Waals surface area (Å²) in [5, 5.41) is 0. The summed E-state index contributed by atoms with van der Waals surface area (Å²) in [6.45, 7) is 4.42. The minimum atomic E-state index is -0.0798. The van der Waals surface area contributed by atoms with E-state index in [9.17, 15) is 9.59 Å². The standard InChI is InChI=1S/C16H27N3O3/c1-17(2)15(21)19-11-13(14(20)18-7-3-4-8-18)16(12-19)5-9-22-10-6-16/h13H,3-12H2,1-2H3/t13-/m1/s1. The van der Waals surface area contributed by atoms with Gasteiger partial charge in [0.2, 0.25) is 5.91 Å². The van der Waals surface area contributed by atoms with E-state index in [1.54, 1.807) is 19.0 Å². The Balaban J connectivity index is 1.80. The summed E-state index contributed by atoms with van der Waals surface area (Å²) in [6.07, 6.45) is 3.98. The van der Waals surface area contributed by atoms with Crippen molar-refractivity contribution in [2.75, 3.05) is 53.5 Å². The third-order valence-electron chi connectivity index (χ3n) is 5.51. The summed E-state index contributed by atoms with van der Waals surface area (Å²) in [4.78, 5) is 30.8. The maximum absolute atomic E-state index is 13.0. The van der Waals surface area contributed by atoms with E-state index in [-0.39, 0.29) is 23.3 Å². The SMILES string of the molecule is CN(C)C(=O)N1C[C@H](C(=O)N2CCCC2)C2(CCOCC2)C1. The van der Waals surface area contributed by atoms with E-state index in [4.69, 9.17) is 4.74 Å². The molecule has 6 nitrogen and oxygen atoms in total. The Hall–Kier alpha value is -1.30. The number of rotatable bonds is 1. The Kier molecular flexibility index (Phi) is 4.30. The van der Waals surface area contributed by atoms with Crippen LogP contribution in [0.1, 0.15) is 25.7 Å². The molecule has 0 unspecified atom stereocenters. The van der Waals surface area contributed by atoms with E-state index in [1.165, 1.54) is 0 Å². The molecule has 1 atom stereocenters. The molecule has 124 valence electrons. The molecule has 0 saturated carbocycles. The molecule has 3 heterocycles. The van der Waals surface area contributed by atoms with Crippen LogP contribution in [-0.4, -0.2) is 80.1 Å². The number of amides is 3. The Labute approximate surface area is 132 Å². The van der Waals surface area contributed by atoms with Crippen LogP contribution in [-0.2, 0) is 9.53 Å². The first kappa shape index (κ1) is 15.6. The molecule has 0 bridgehead atoms. The van der Waals surface area contributed by atoms with Crippen LogP contribution in [0.3, 0.4) is 0 Å². The normalized spacial score (nSPS) is 27.5. The van der Waals surface area contributed by atoms with Gasteiger partial charge in [-0.3, -0.25) is 4.79 Å². The van der Waals surface area contributed by atoms with Gasteiger partial charge in [-0.1, -0.05) is 0 Å². The van der Waals surface area contributed by atoms with Crippen molar-refractivity contribution in [1.82, 2.24) is 14.7 Å². The van der Waals surface area contributed by atoms with E-state index in [2.05, 4.69) is 0 Å². The molecule has 3 aliphatic rings. The molecule has 3 fully saturated rings. The van der Waals surface area contributed by atoms with Crippen molar-refractivity contribution in [2.24, 2.45) is 11.3 Å². The minimum absolute atomic E-state index is 0.0163. The smallest absolute Gasteiger partial charge is 0.319 e. The summed E-state index contributed by atoms with van der Waals surface area (Å²) in [6, 6.07) is 0.0163. The molecule has 6 heteroatoms. The highest BCUT2D eigenvalue weighted by atomic mass is 16.5. The number of carbonyl (C=O) groups is 2. The van der Waals surface area contributed by atoms with Gasteiger partial charge in [-0.15, -0.1) is 0 Å². The molecule has 0 aromatic heterocycles. The lowest BCUT2D eigenvalue weighted by molar-refractivity contribution is -0.139. The van der Waals surface area contributed by atoms with Crippen LogP contribution in [0.25, 0.3) is 0 Å². The van der Waals surface area contributed by atoms with Gasteiger partial charge in [0.1, 0.15) is 0 Å². The molecule has 0 N–H and O–H groups in total. The highest BCUT2D eigenvalue weighted by molar-refractivity contribution is 5.83. The first-order valence-electron chi connectivity index (χ1n) is 8.36. The molecule has 22 heavy (non-hydrogen) atoms. The van der Waals surface area contributed by atoms with Gasteiger partial charge in [-0.2, -0.15) is 0 Å². The fourth-order valence-corrected chi connectivity index (χ4v) is 4.18. The van der Waals surface area contributed by atoms with Crippen LogP contribution in [0, 0.1) is 11.3 Å². The zero-order valence-electron chi connectivity index (χ0n) is 13.7. The van der Waals surface area contributed by atoms with Crippen LogP contribution < -0.4 is 0 Å². The molecule has 0 aromatic carbocycles. The second kappa shape index (κ2) is 6.07. The zero-order chi connectivity index (χ0) is 15.7. The highest BCUT2D eigenvalue weighted by Gasteiger charge is 2.53. The first-order valence-corrected chi connectivity index (χ1v) is 8.36. The summed E-state index contributed by atoms with van der Waals surface area (Å²) >= 11 is 0. The fourth-order valence-electron chi connectivity index (χ4n) is 4.18. The number of ether oxygens (including phenoxy) is 1. The third-order valence-corrected chi connectivity index (χ3v) is 5.51. The third kappa shape index (κ3) is 2.69.